The van der Waals surface area contributed by atoms with Crippen molar-refractivity contribution < 1.29 is 19.4 Å². The summed E-state index contributed by atoms with van der Waals surface area (Å²) in [6, 6.07) is 16.0. The van der Waals surface area contributed by atoms with E-state index in [-0.39, 0.29) is 17.4 Å². The number of hydrogen-bond acceptors (Lipinski definition) is 4. The molecule has 4 rings (SSSR count). The third-order valence-corrected chi connectivity index (χ3v) is 5.40. The van der Waals surface area contributed by atoms with E-state index in [1.165, 1.54) is 0 Å². The van der Waals surface area contributed by atoms with E-state index in [4.69, 9.17) is 4.74 Å². The lowest BCUT2D eigenvalue weighted by Crippen LogP contribution is -2.36. The molecule has 0 bridgehead atoms. The average Bonchev–Trinajstić information content (AvgIpc) is 3.31. The lowest BCUT2D eigenvalue weighted by atomic mass is 9.94. The van der Waals surface area contributed by atoms with Crippen molar-refractivity contribution in [3.63, 3.8) is 0 Å². The van der Waals surface area contributed by atoms with Gasteiger partial charge < -0.3 is 14.7 Å². The van der Waals surface area contributed by atoms with Crippen LogP contribution in [-0.4, -0.2) is 41.0 Å². The Bertz CT molecular complexity index is 911. The van der Waals surface area contributed by atoms with Crippen molar-refractivity contribution >= 4 is 17.4 Å². The van der Waals surface area contributed by atoms with Crippen molar-refractivity contribution in [1.82, 2.24) is 4.90 Å². The highest BCUT2D eigenvalue weighted by Crippen LogP contribution is 2.40. The van der Waals surface area contributed by atoms with Crippen LogP contribution in [-0.2, 0) is 14.3 Å². The predicted octanol–water partition coefficient (Wildman–Crippen LogP) is 3.60. The Balaban J connectivity index is 1.81. The topological polar surface area (TPSA) is 66.8 Å². The lowest BCUT2D eigenvalue weighted by Gasteiger charge is -2.27. The van der Waals surface area contributed by atoms with Gasteiger partial charge in [-0.15, -0.1) is 0 Å². The molecule has 0 aromatic heterocycles. The summed E-state index contributed by atoms with van der Waals surface area (Å²) < 4.78 is 5.70. The molecule has 0 saturated carbocycles. The fourth-order valence-electron chi connectivity index (χ4n) is 3.92. The number of likely N-dealkylation sites (tertiary alicyclic amines) is 1. The maximum atomic E-state index is 12.9. The maximum absolute atomic E-state index is 12.9. The summed E-state index contributed by atoms with van der Waals surface area (Å²) in [5.41, 5.74) is 2.55. The van der Waals surface area contributed by atoms with Crippen LogP contribution in [0.3, 0.4) is 0 Å². The minimum absolute atomic E-state index is 0.0806. The van der Waals surface area contributed by atoms with E-state index < -0.39 is 17.7 Å². The Labute approximate surface area is 164 Å². The second-order valence-electron chi connectivity index (χ2n) is 7.36. The van der Waals surface area contributed by atoms with Crippen molar-refractivity contribution in [3.05, 3.63) is 76.9 Å². The number of Topliss-reactive ketones (excluding diaryl/α,β-unsaturated/α-hetero) is 1. The quantitative estimate of drug-likeness (QED) is 0.502. The van der Waals surface area contributed by atoms with E-state index in [1.807, 2.05) is 37.3 Å². The van der Waals surface area contributed by atoms with Crippen molar-refractivity contribution in [2.75, 3.05) is 13.2 Å². The van der Waals surface area contributed by atoms with Crippen LogP contribution in [0.4, 0.5) is 0 Å². The first-order valence-corrected chi connectivity index (χ1v) is 9.58. The zero-order chi connectivity index (χ0) is 19.7. The molecule has 0 aliphatic carbocycles. The number of ether oxygens (including phenoxy) is 1. The molecular formula is C23H23NO4. The summed E-state index contributed by atoms with van der Waals surface area (Å²) >= 11 is 0. The number of amides is 1. The molecular weight excluding hydrogens is 354 g/mol. The molecule has 2 saturated heterocycles. The largest absolute Gasteiger partial charge is 0.507 e. The summed E-state index contributed by atoms with van der Waals surface area (Å²) in [4.78, 5) is 27.3. The second-order valence-corrected chi connectivity index (χ2v) is 7.36. The van der Waals surface area contributed by atoms with E-state index in [1.54, 1.807) is 29.2 Å². The molecule has 0 radical (unpaired) electrons. The second kappa shape index (κ2) is 7.60. The smallest absolute Gasteiger partial charge is 0.295 e. The van der Waals surface area contributed by atoms with Gasteiger partial charge in [0.25, 0.3) is 11.7 Å². The van der Waals surface area contributed by atoms with Crippen LogP contribution < -0.4 is 0 Å². The van der Waals surface area contributed by atoms with Crippen LogP contribution in [0.15, 0.2) is 60.2 Å². The molecule has 2 heterocycles. The van der Waals surface area contributed by atoms with Gasteiger partial charge in [-0.05, 0) is 25.3 Å². The average molecular weight is 377 g/mol. The first-order chi connectivity index (χ1) is 13.6. The van der Waals surface area contributed by atoms with E-state index in [0.717, 1.165) is 24.0 Å². The molecule has 1 amide bonds. The minimum atomic E-state index is -0.648. The van der Waals surface area contributed by atoms with Gasteiger partial charge in [0.2, 0.25) is 0 Å². The molecule has 2 aromatic carbocycles. The maximum Gasteiger partial charge on any atom is 0.295 e. The number of carbonyl (C=O) groups excluding carboxylic acids is 2. The fraction of sp³-hybridized carbons (Fsp3) is 0.304. The first kappa shape index (κ1) is 18.4. The molecule has 5 nitrogen and oxygen atoms in total. The van der Waals surface area contributed by atoms with E-state index in [0.29, 0.717) is 18.7 Å². The highest BCUT2D eigenvalue weighted by Gasteiger charge is 2.46. The van der Waals surface area contributed by atoms with Gasteiger partial charge in [-0.25, -0.2) is 0 Å². The number of nitrogens with zero attached hydrogens (tertiary/aromatic N) is 1. The molecule has 2 aliphatic heterocycles. The molecule has 2 aliphatic rings. The Morgan fingerprint density at radius 1 is 1.11 bits per heavy atom. The molecule has 2 fully saturated rings. The Morgan fingerprint density at radius 3 is 2.46 bits per heavy atom. The van der Waals surface area contributed by atoms with Crippen LogP contribution in [0.25, 0.3) is 5.76 Å². The summed E-state index contributed by atoms with van der Waals surface area (Å²) in [7, 11) is 0. The van der Waals surface area contributed by atoms with Crippen molar-refractivity contribution in [2.45, 2.75) is 31.9 Å². The Hall–Kier alpha value is -2.92. The normalized spacial score (nSPS) is 24.1. The van der Waals surface area contributed by atoms with E-state index >= 15 is 0 Å². The van der Waals surface area contributed by atoms with Crippen LogP contribution in [0.1, 0.15) is 35.6 Å². The number of aryl methyl sites for hydroxylation is 1. The molecule has 2 aromatic rings. The van der Waals surface area contributed by atoms with Crippen LogP contribution >= 0.6 is 0 Å². The molecule has 2 unspecified atom stereocenters. The standard InChI is InChI=1S/C23H23NO4/c1-15-9-11-16(12-10-15)20-19(21(25)17-6-3-2-4-7-17)22(26)23(27)24(20)14-18-8-5-13-28-18/h2-4,6-7,9-12,18,20,25H,5,8,13-14H2,1H3. The predicted molar refractivity (Wildman–Crippen MR) is 106 cm³/mol. The van der Waals surface area contributed by atoms with Gasteiger partial charge in [0.15, 0.2) is 0 Å². The number of aliphatic hydroxyl groups is 1. The monoisotopic (exact) mass is 377 g/mol. The van der Waals surface area contributed by atoms with Gasteiger partial charge in [0, 0.05) is 18.7 Å². The summed E-state index contributed by atoms with van der Waals surface area (Å²) in [5, 5.41) is 10.9. The van der Waals surface area contributed by atoms with Gasteiger partial charge in [0.1, 0.15) is 5.76 Å². The Morgan fingerprint density at radius 2 is 1.82 bits per heavy atom. The summed E-state index contributed by atoms with van der Waals surface area (Å²) in [6.45, 7) is 3.00. The van der Waals surface area contributed by atoms with Gasteiger partial charge in [-0.2, -0.15) is 0 Å². The number of benzene rings is 2. The molecule has 144 valence electrons. The number of aliphatic hydroxyl groups excluding tert-OH is 1. The highest BCUT2D eigenvalue weighted by atomic mass is 16.5. The van der Waals surface area contributed by atoms with Crippen molar-refractivity contribution in [2.24, 2.45) is 0 Å². The fourth-order valence-corrected chi connectivity index (χ4v) is 3.92. The van der Waals surface area contributed by atoms with Gasteiger partial charge in [-0.1, -0.05) is 60.2 Å². The number of hydrogen-bond donors (Lipinski definition) is 1. The number of ketones is 1. The molecule has 2 atom stereocenters. The van der Waals surface area contributed by atoms with Crippen molar-refractivity contribution in [1.29, 1.82) is 0 Å². The van der Waals surface area contributed by atoms with Gasteiger partial charge >= 0.3 is 0 Å². The van der Waals surface area contributed by atoms with Crippen LogP contribution in [0.2, 0.25) is 0 Å². The molecule has 1 N–H and O–H groups in total. The van der Waals surface area contributed by atoms with E-state index in [9.17, 15) is 14.7 Å². The van der Waals surface area contributed by atoms with Gasteiger partial charge in [0.05, 0.1) is 17.7 Å². The molecule has 28 heavy (non-hydrogen) atoms. The van der Waals surface area contributed by atoms with Gasteiger partial charge in [-0.3, -0.25) is 9.59 Å². The minimum Gasteiger partial charge on any atom is -0.507 e. The van der Waals surface area contributed by atoms with Crippen LogP contribution in [0.5, 0.6) is 0 Å². The summed E-state index contributed by atoms with van der Waals surface area (Å²) in [6.07, 6.45) is 1.73. The first-order valence-electron chi connectivity index (χ1n) is 9.58. The lowest BCUT2D eigenvalue weighted by molar-refractivity contribution is -0.140. The third kappa shape index (κ3) is 3.34. The molecule has 5 heteroatoms. The zero-order valence-electron chi connectivity index (χ0n) is 15.8. The highest BCUT2D eigenvalue weighted by molar-refractivity contribution is 6.46. The SMILES string of the molecule is Cc1ccc(C2C(=C(O)c3ccccc3)C(=O)C(=O)N2CC2CCCO2)cc1. The van der Waals surface area contributed by atoms with E-state index in [2.05, 4.69) is 0 Å². The molecule has 0 spiro atoms. The zero-order valence-corrected chi connectivity index (χ0v) is 15.8. The number of rotatable bonds is 4. The van der Waals surface area contributed by atoms with Crippen molar-refractivity contribution in [3.8, 4) is 0 Å². The summed E-state index contributed by atoms with van der Waals surface area (Å²) in [5.74, 6) is -1.37. The Kier molecular flexibility index (Phi) is 5.01. The van der Waals surface area contributed by atoms with Crippen LogP contribution in [0, 0.1) is 6.92 Å². The third-order valence-electron chi connectivity index (χ3n) is 5.40. The number of carbonyl (C=O) groups is 2.